The number of benzene rings is 2. The Morgan fingerprint density at radius 1 is 1.21 bits per heavy atom. The quantitative estimate of drug-likeness (QED) is 0.667. The highest BCUT2D eigenvalue weighted by Crippen LogP contribution is 2.30. The van der Waals surface area contributed by atoms with Crippen molar-refractivity contribution in [3.63, 3.8) is 0 Å². The molecule has 1 amide bonds. The average Bonchev–Trinajstić information content (AvgIpc) is 2.70. The van der Waals surface area contributed by atoms with Crippen molar-refractivity contribution in [3.05, 3.63) is 58.6 Å². The molecule has 0 aromatic heterocycles. The summed E-state index contributed by atoms with van der Waals surface area (Å²) in [7, 11) is 3.38. The number of rotatable bonds is 5. The fraction of sp³-hybridized carbons (Fsp3) is 0.381. The van der Waals surface area contributed by atoms with Crippen LogP contribution in [0.2, 0.25) is 5.02 Å². The van der Waals surface area contributed by atoms with Crippen molar-refractivity contribution < 1.29 is 9.53 Å². The van der Waals surface area contributed by atoms with Crippen LogP contribution in [-0.4, -0.2) is 49.0 Å². The van der Waals surface area contributed by atoms with Gasteiger partial charge in [0.25, 0.3) is 5.91 Å². The Balaban J connectivity index is 0.00000210. The van der Waals surface area contributed by atoms with E-state index in [1.54, 1.807) is 12.1 Å². The van der Waals surface area contributed by atoms with Crippen LogP contribution in [0, 0.1) is 0 Å². The predicted octanol–water partition coefficient (Wildman–Crippen LogP) is 4.51. The van der Waals surface area contributed by atoms with E-state index < -0.39 is 0 Å². The Kier molecular flexibility index (Phi) is 10.1. The first-order valence-electron chi connectivity index (χ1n) is 9.16. The van der Waals surface area contributed by atoms with Crippen LogP contribution in [0.3, 0.4) is 0 Å². The SMILES string of the molecule is COc1cc(N)c(Cl)cc1C(=O)N(C)C1CCN(Cc2ccccc2)CC1.Cl.Cl. The lowest BCUT2D eigenvalue weighted by molar-refractivity contribution is 0.0633. The van der Waals surface area contributed by atoms with Gasteiger partial charge in [-0.15, -0.1) is 24.8 Å². The largest absolute Gasteiger partial charge is 0.496 e. The highest BCUT2D eigenvalue weighted by atomic mass is 35.5. The lowest BCUT2D eigenvalue weighted by Crippen LogP contribution is -2.45. The van der Waals surface area contributed by atoms with Gasteiger partial charge in [0.1, 0.15) is 5.75 Å². The van der Waals surface area contributed by atoms with Crippen LogP contribution >= 0.6 is 36.4 Å². The maximum absolute atomic E-state index is 13.0. The number of likely N-dealkylation sites (tertiary alicyclic amines) is 1. The monoisotopic (exact) mass is 459 g/mol. The number of piperidine rings is 1. The van der Waals surface area contributed by atoms with Gasteiger partial charge in [-0.05, 0) is 24.5 Å². The molecule has 0 bridgehead atoms. The van der Waals surface area contributed by atoms with Gasteiger partial charge >= 0.3 is 0 Å². The molecule has 160 valence electrons. The topological polar surface area (TPSA) is 58.8 Å². The Morgan fingerprint density at radius 2 is 1.83 bits per heavy atom. The van der Waals surface area contributed by atoms with Gasteiger partial charge in [0, 0.05) is 38.8 Å². The molecule has 5 nitrogen and oxygen atoms in total. The number of halogens is 3. The molecule has 0 unspecified atom stereocenters. The summed E-state index contributed by atoms with van der Waals surface area (Å²) in [4.78, 5) is 17.2. The smallest absolute Gasteiger partial charge is 0.257 e. The lowest BCUT2D eigenvalue weighted by Gasteiger charge is -2.37. The number of carbonyl (C=O) groups is 1. The molecule has 1 heterocycles. The maximum Gasteiger partial charge on any atom is 0.257 e. The lowest BCUT2D eigenvalue weighted by atomic mass is 10.0. The van der Waals surface area contributed by atoms with E-state index in [-0.39, 0.29) is 36.8 Å². The van der Waals surface area contributed by atoms with Crippen LogP contribution in [0.1, 0.15) is 28.8 Å². The first-order chi connectivity index (χ1) is 13.0. The number of carbonyl (C=O) groups excluding carboxylic acids is 1. The summed E-state index contributed by atoms with van der Waals surface area (Å²) in [5.41, 5.74) is 8.00. The molecule has 1 aliphatic rings. The van der Waals surface area contributed by atoms with Crippen LogP contribution in [0.25, 0.3) is 0 Å². The van der Waals surface area contributed by atoms with E-state index in [9.17, 15) is 4.79 Å². The van der Waals surface area contributed by atoms with Crippen molar-refractivity contribution in [3.8, 4) is 5.75 Å². The second-order valence-corrected chi connectivity index (χ2v) is 7.39. The Hall–Kier alpha value is -1.66. The summed E-state index contributed by atoms with van der Waals surface area (Å²) in [5.74, 6) is 0.366. The molecular weight excluding hydrogens is 433 g/mol. The highest BCUT2D eigenvalue weighted by Gasteiger charge is 2.28. The van der Waals surface area contributed by atoms with Gasteiger partial charge in [-0.1, -0.05) is 41.9 Å². The zero-order chi connectivity index (χ0) is 19.4. The first-order valence-corrected chi connectivity index (χ1v) is 9.54. The van der Waals surface area contributed by atoms with Crippen molar-refractivity contribution >= 4 is 48.0 Å². The normalized spacial score (nSPS) is 14.4. The standard InChI is InChI=1S/C21H26ClN3O2.2ClH/c1-24(21(26)17-12-18(22)19(23)13-20(17)27-2)16-8-10-25(11-9-16)14-15-6-4-3-5-7-15;;/h3-7,12-13,16H,8-11,14,23H2,1-2H3;2*1H. The maximum atomic E-state index is 13.0. The van der Waals surface area contributed by atoms with Crippen molar-refractivity contribution in [1.29, 1.82) is 0 Å². The molecule has 0 spiro atoms. The van der Waals surface area contributed by atoms with E-state index >= 15 is 0 Å². The molecule has 1 saturated heterocycles. The Bertz CT molecular complexity index is 797. The number of ether oxygens (including phenoxy) is 1. The van der Waals surface area contributed by atoms with Crippen LogP contribution < -0.4 is 10.5 Å². The van der Waals surface area contributed by atoms with Gasteiger partial charge < -0.3 is 15.4 Å². The summed E-state index contributed by atoms with van der Waals surface area (Å²) in [5, 5.41) is 0.366. The molecule has 0 saturated carbocycles. The van der Waals surface area contributed by atoms with Crippen LogP contribution in [0.15, 0.2) is 42.5 Å². The van der Waals surface area contributed by atoms with Gasteiger partial charge in [0.15, 0.2) is 0 Å². The minimum Gasteiger partial charge on any atom is -0.496 e. The van der Waals surface area contributed by atoms with E-state index in [0.29, 0.717) is 22.0 Å². The summed E-state index contributed by atoms with van der Waals surface area (Å²) >= 11 is 6.12. The molecule has 1 aliphatic heterocycles. The van der Waals surface area contributed by atoms with Crippen molar-refractivity contribution in [1.82, 2.24) is 9.80 Å². The van der Waals surface area contributed by atoms with E-state index in [1.807, 2.05) is 18.0 Å². The van der Waals surface area contributed by atoms with Crippen molar-refractivity contribution in [2.75, 3.05) is 33.0 Å². The number of anilines is 1. The van der Waals surface area contributed by atoms with Crippen LogP contribution in [-0.2, 0) is 6.54 Å². The van der Waals surface area contributed by atoms with Gasteiger partial charge in [-0.3, -0.25) is 9.69 Å². The number of hydrogen-bond acceptors (Lipinski definition) is 4. The van der Waals surface area contributed by atoms with Crippen molar-refractivity contribution in [2.45, 2.75) is 25.4 Å². The second-order valence-electron chi connectivity index (χ2n) is 6.98. The fourth-order valence-electron chi connectivity index (χ4n) is 3.57. The molecular formula is C21H28Cl3N3O2. The summed E-state index contributed by atoms with van der Waals surface area (Å²) < 4.78 is 5.33. The molecule has 2 N–H and O–H groups in total. The number of nitrogen functional groups attached to an aromatic ring is 1. The number of hydrogen-bond donors (Lipinski definition) is 1. The summed E-state index contributed by atoms with van der Waals surface area (Å²) in [6, 6.07) is 13.9. The van der Waals surface area contributed by atoms with E-state index in [0.717, 1.165) is 32.5 Å². The molecule has 29 heavy (non-hydrogen) atoms. The van der Waals surface area contributed by atoms with E-state index in [4.69, 9.17) is 22.1 Å². The minimum absolute atomic E-state index is 0. The third kappa shape index (κ3) is 6.16. The number of methoxy groups -OCH3 is 1. The highest BCUT2D eigenvalue weighted by molar-refractivity contribution is 6.33. The molecule has 8 heteroatoms. The summed E-state index contributed by atoms with van der Waals surface area (Å²) in [6.07, 6.45) is 1.89. The number of nitrogens with zero attached hydrogens (tertiary/aromatic N) is 2. The molecule has 3 rings (SSSR count). The fourth-order valence-corrected chi connectivity index (χ4v) is 3.73. The van der Waals surface area contributed by atoms with Gasteiger partial charge in [-0.25, -0.2) is 0 Å². The molecule has 0 aliphatic carbocycles. The van der Waals surface area contributed by atoms with Crippen LogP contribution in [0.5, 0.6) is 5.75 Å². The Morgan fingerprint density at radius 3 is 2.41 bits per heavy atom. The summed E-state index contributed by atoms with van der Waals surface area (Å²) in [6.45, 7) is 2.89. The van der Waals surface area contributed by atoms with Gasteiger partial charge in [0.05, 0.1) is 23.4 Å². The predicted molar refractivity (Wildman–Crippen MR) is 124 cm³/mol. The zero-order valence-corrected chi connectivity index (χ0v) is 19.0. The third-order valence-electron chi connectivity index (χ3n) is 5.22. The van der Waals surface area contributed by atoms with Crippen molar-refractivity contribution in [2.24, 2.45) is 0 Å². The van der Waals surface area contributed by atoms with Crippen LogP contribution in [0.4, 0.5) is 5.69 Å². The molecule has 0 radical (unpaired) electrons. The first kappa shape index (κ1) is 25.4. The minimum atomic E-state index is -0.0877. The van der Waals surface area contributed by atoms with Gasteiger partial charge in [-0.2, -0.15) is 0 Å². The van der Waals surface area contributed by atoms with Gasteiger partial charge in [0.2, 0.25) is 0 Å². The molecule has 1 fully saturated rings. The van der Waals surface area contributed by atoms with E-state index in [2.05, 4.69) is 29.2 Å². The number of nitrogens with two attached hydrogens (primary N) is 1. The molecule has 2 aromatic carbocycles. The molecule has 0 atom stereocenters. The Labute approximate surface area is 190 Å². The van der Waals surface area contributed by atoms with E-state index in [1.165, 1.54) is 12.7 Å². The molecule has 2 aromatic rings. The average molecular weight is 461 g/mol. The number of amides is 1. The third-order valence-corrected chi connectivity index (χ3v) is 5.55. The second kappa shape index (κ2) is 11.5. The zero-order valence-electron chi connectivity index (χ0n) is 16.6.